The second kappa shape index (κ2) is 11.8. The zero-order chi connectivity index (χ0) is 34.9. The highest BCUT2D eigenvalue weighted by atomic mass is 32.1. The maximum atomic E-state index is 5.17. The summed E-state index contributed by atoms with van der Waals surface area (Å²) in [6, 6.07) is 58.0. The van der Waals surface area contributed by atoms with E-state index in [0.717, 1.165) is 77.9 Å². The van der Waals surface area contributed by atoms with Crippen LogP contribution in [0.2, 0.25) is 0 Å². The Morgan fingerprint density at radius 3 is 2.11 bits per heavy atom. The van der Waals surface area contributed by atoms with Gasteiger partial charge in [0.05, 0.1) is 27.9 Å². The first-order chi connectivity index (χ1) is 26.3. The van der Waals surface area contributed by atoms with E-state index in [1.54, 1.807) is 0 Å². The highest BCUT2D eigenvalue weighted by Gasteiger charge is 2.19. The Hall–Kier alpha value is -6.89. The first-order valence-corrected chi connectivity index (χ1v) is 18.5. The van der Waals surface area contributed by atoms with E-state index >= 15 is 0 Å². The second-order valence-corrected chi connectivity index (χ2v) is 14.4. The van der Waals surface area contributed by atoms with Gasteiger partial charge in [-0.15, -0.1) is 11.3 Å². The lowest BCUT2D eigenvalue weighted by Gasteiger charge is -2.26. The average Bonchev–Trinajstić information content (AvgIpc) is 3.80. The van der Waals surface area contributed by atoms with E-state index in [0.29, 0.717) is 0 Å². The number of fused-ring (bicyclic) bond motifs is 9. The second-order valence-electron chi connectivity index (χ2n) is 13.3. The van der Waals surface area contributed by atoms with Crippen LogP contribution in [0.25, 0.3) is 81.0 Å². The molecule has 0 fully saturated rings. The van der Waals surface area contributed by atoms with Crippen molar-refractivity contribution in [3.05, 3.63) is 176 Å². The van der Waals surface area contributed by atoms with Gasteiger partial charge in [-0.25, -0.2) is 9.97 Å². The van der Waals surface area contributed by atoms with E-state index in [9.17, 15) is 0 Å². The number of rotatable bonds is 5. The third-order valence-corrected chi connectivity index (χ3v) is 11.4. The Bertz CT molecular complexity index is 3170. The molecule has 0 unspecified atom stereocenters. The van der Waals surface area contributed by atoms with Crippen LogP contribution >= 0.6 is 11.3 Å². The normalized spacial score (nSPS) is 11.8. The minimum absolute atomic E-state index is 0.913. The van der Waals surface area contributed by atoms with E-state index in [2.05, 4.69) is 149 Å². The van der Waals surface area contributed by atoms with Crippen LogP contribution in [-0.2, 0) is 0 Å². The number of hydrogen-bond acceptors (Lipinski definition) is 5. The van der Waals surface area contributed by atoms with Crippen molar-refractivity contribution < 1.29 is 0 Å². The van der Waals surface area contributed by atoms with Crippen molar-refractivity contribution in [3.8, 4) is 22.4 Å². The fourth-order valence-electron chi connectivity index (χ4n) is 7.73. The van der Waals surface area contributed by atoms with Crippen LogP contribution in [0.4, 0.5) is 17.1 Å². The number of nitrogens with zero attached hydrogens (tertiary/aromatic N) is 5. The van der Waals surface area contributed by atoms with E-state index in [1.165, 1.54) is 20.2 Å². The van der Waals surface area contributed by atoms with Gasteiger partial charge >= 0.3 is 0 Å². The zero-order valence-electron chi connectivity index (χ0n) is 28.4. The van der Waals surface area contributed by atoms with Crippen molar-refractivity contribution in [3.63, 3.8) is 0 Å². The molecule has 0 aliphatic carbocycles. The quantitative estimate of drug-likeness (QED) is 0.180. The van der Waals surface area contributed by atoms with Crippen LogP contribution in [-0.4, -0.2) is 19.4 Å². The van der Waals surface area contributed by atoms with Gasteiger partial charge in [-0.2, -0.15) is 0 Å². The molecule has 0 N–H and O–H groups in total. The standard InChI is InChI=1S/C47H29N5S/c1-3-13-39-37(12-1)46-47(51-28-6-5-16-43(51)50-46)45(49-39)33-19-17-30(18-20-33)31-21-23-34(24-22-31)52(40-14-7-9-32-10-8-27-48-44(32)40)35-25-26-42-38(29-35)36-11-2-4-15-41(36)53-42/h1-29H. The predicted molar refractivity (Wildman–Crippen MR) is 222 cm³/mol. The van der Waals surface area contributed by atoms with E-state index in [1.807, 2.05) is 47.9 Å². The smallest absolute Gasteiger partial charge is 0.137 e. The highest BCUT2D eigenvalue weighted by molar-refractivity contribution is 7.25. The van der Waals surface area contributed by atoms with Crippen molar-refractivity contribution in [2.75, 3.05) is 4.90 Å². The molecule has 0 aliphatic heterocycles. The van der Waals surface area contributed by atoms with Crippen LogP contribution in [0.3, 0.4) is 0 Å². The summed E-state index contributed by atoms with van der Waals surface area (Å²) in [5, 5.41) is 4.71. The number of aromatic nitrogens is 4. The third-order valence-electron chi connectivity index (χ3n) is 10.2. The maximum Gasteiger partial charge on any atom is 0.137 e. The molecule has 0 amide bonds. The van der Waals surface area contributed by atoms with Gasteiger partial charge < -0.3 is 4.90 Å². The molecule has 0 aliphatic rings. The molecule has 11 rings (SSSR count). The molecule has 5 heterocycles. The molecule has 0 bridgehead atoms. The molecule has 6 heteroatoms. The van der Waals surface area contributed by atoms with Gasteiger partial charge in [-0.3, -0.25) is 9.38 Å². The summed E-state index contributed by atoms with van der Waals surface area (Å²) in [6.45, 7) is 0. The fourth-order valence-corrected chi connectivity index (χ4v) is 8.81. The first kappa shape index (κ1) is 29.8. The van der Waals surface area contributed by atoms with Crippen LogP contribution in [0.1, 0.15) is 0 Å². The Morgan fingerprint density at radius 1 is 0.509 bits per heavy atom. The summed E-state index contributed by atoms with van der Waals surface area (Å²) in [6.07, 6.45) is 3.94. The van der Waals surface area contributed by atoms with Gasteiger partial charge in [0.15, 0.2) is 0 Å². The molecule has 248 valence electrons. The van der Waals surface area contributed by atoms with Crippen molar-refractivity contribution >= 4 is 87.1 Å². The molecule has 6 aromatic carbocycles. The Kier molecular flexibility index (Phi) is 6.66. The number of imidazole rings is 1. The first-order valence-electron chi connectivity index (χ1n) is 17.7. The molecule has 0 spiro atoms. The molecule has 0 atom stereocenters. The molecule has 0 radical (unpaired) electrons. The van der Waals surface area contributed by atoms with Gasteiger partial charge in [0, 0.05) is 60.3 Å². The Balaban J connectivity index is 1.01. The van der Waals surface area contributed by atoms with Crippen molar-refractivity contribution in [1.29, 1.82) is 0 Å². The van der Waals surface area contributed by atoms with Crippen LogP contribution in [0, 0.1) is 0 Å². The topological polar surface area (TPSA) is 46.3 Å². The van der Waals surface area contributed by atoms with Crippen LogP contribution < -0.4 is 4.90 Å². The van der Waals surface area contributed by atoms with Gasteiger partial charge in [0.1, 0.15) is 11.2 Å². The lowest BCUT2D eigenvalue weighted by molar-refractivity contribution is 1.22. The Morgan fingerprint density at radius 2 is 1.23 bits per heavy atom. The lowest BCUT2D eigenvalue weighted by Crippen LogP contribution is -2.10. The summed E-state index contributed by atoms with van der Waals surface area (Å²) in [5.74, 6) is 0. The zero-order valence-corrected chi connectivity index (χ0v) is 29.2. The predicted octanol–water partition coefficient (Wildman–Crippen LogP) is 12.8. The van der Waals surface area contributed by atoms with Gasteiger partial charge in [0.2, 0.25) is 0 Å². The third kappa shape index (κ3) is 4.80. The largest absolute Gasteiger partial charge is 0.308 e. The number of thiophene rings is 1. The molecule has 53 heavy (non-hydrogen) atoms. The molecule has 11 aromatic rings. The molecular weight excluding hydrogens is 667 g/mol. The summed E-state index contributed by atoms with van der Waals surface area (Å²) < 4.78 is 4.73. The number of benzene rings is 6. The van der Waals surface area contributed by atoms with Gasteiger partial charge in [0.25, 0.3) is 0 Å². The van der Waals surface area contributed by atoms with E-state index < -0.39 is 0 Å². The number of anilines is 3. The average molecular weight is 696 g/mol. The molecule has 5 nitrogen and oxygen atoms in total. The molecule has 0 saturated carbocycles. The van der Waals surface area contributed by atoms with Crippen molar-refractivity contribution in [2.24, 2.45) is 0 Å². The Labute approximate surface area is 308 Å². The molecular formula is C47H29N5S. The SMILES string of the molecule is c1cnc2c(N(c3ccc(-c4ccc(-c5nc6ccccc6c6nc7ccccn7c56)cc4)cc3)c3ccc4sc5ccccc5c4c3)cccc2c1. The van der Waals surface area contributed by atoms with Gasteiger partial charge in [-0.1, -0.05) is 97.1 Å². The number of hydrogen-bond donors (Lipinski definition) is 0. The number of para-hydroxylation sites is 2. The highest BCUT2D eigenvalue weighted by Crippen LogP contribution is 2.43. The molecule has 5 aromatic heterocycles. The van der Waals surface area contributed by atoms with Crippen LogP contribution in [0.15, 0.2) is 176 Å². The minimum atomic E-state index is 0.913. The van der Waals surface area contributed by atoms with Crippen molar-refractivity contribution in [1.82, 2.24) is 19.4 Å². The summed E-state index contributed by atoms with van der Waals surface area (Å²) in [7, 11) is 0. The monoisotopic (exact) mass is 695 g/mol. The number of pyridine rings is 3. The minimum Gasteiger partial charge on any atom is -0.308 e. The maximum absolute atomic E-state index is 5.17. The van der Waals surface area contributed by atoms with E-state index in [-0.39, 0.29) is 0 Å². The van der Waals surface area contributed by atoms with Crippen LogP contribution in [0.5, 0.6) is 0 Å². The van der Waals surface area contributed by atoms with E-state index in [4.69, 9.17) is 15.0 Å². The summed E-state index contributed by atoms with van der Waals surface area (Å²) >= 11 is 1.84. The van der Waals surface area contributed by atoms with Gasteiger partial charge in [-0.05, 0) is 77.9 Å². The lowest BCUT2D eigenvalue weighted by atomic mass is 10.0. The fraction of sp³-hybridized carbons (Fsp3) is 0. The summed E-state index contributed by atoms with van der Waals surface area (Å²) in [5.41, 5.74) is 12.3. The molecule has 0 saturated heterocycles. The summed E-state index contributed by atoms with van der Waals surface area (Å²) in [4.78, 5) is 17.4. The van der Waals surface area contributed by atoms with Crippen molar-refractivity contribution in [2.45, 2.75) is 0 Å².